The van der Waals surface area contributed by atoms with Crippen LogP contribution >= 0.6 is 0 Å². The Morgan fingerprint density at radius 3 is 2.44 bits per heavy atom. The number of halogens is 4. The van der Waals surface area contributed by atoms with Crippen LogP contribution in [0.15, 0.2) is 18.2 Å². The van der Waals surface area contributed by atoms with E-state index >= 15 is 0 Å². The smallest absolute Gasteiger partial charge is 0.390 e. The fraction of sp³-hybridized carbons (Fsp3) is 0.500. The summed E-state index contributed by atoms with van der Waals surface area (Å²) in [5.41, 5.74) is 0.262. The summed E-state index contributed by atoms with van der Waals surface area (Å²) in [6.45, 7) is 1.41. The summed E-state index contributed by atoms with van der Waals surface area (Å²) in [5.74, 6) is -0.831. The number of nitrogens with zero attached hydrogens (tertiary/aromatic N) is 1. The molecule has 1 N–H and O–H groups in total. The molecule has 0 aliphatic heterocycles. The predicted molar refractivity (Wildman–Crippen MR) is 59.8 cm³/mol. The van der Waals surface area contributed by atoms with Gasteiger partial charge in [-0.25, -0.2) is 4.39 Å². The summed E-state index contributed by atoms with van der Waals surface area (Å²) in [4.78, 5) is 1.42. The first-order valence-electron chi connectivity index (χ1n) is 5.46. The highest BCUT2D eigenvalue weighted by Crippen LogP contribution is 2.26. The molecular formula is C12H15F4NO. The molecule has 1 rings (SSSR count). The van der Waals surface area contributed by atoms with Gasteiger partial charge in [0.1, 0.15) is 11.6 Å². The number of hydrogen-bond donors (Lipinski definition) is 1. The molecule has 1 aromatic carbocycles. The second kappa shape index (κ2) is 5.56. The molecule has 18 heavy (non-hydrogen) atoms. The molecule has 0 amide bonds. The van der Waals surface area contributed by atoms with Crippen molar-refractivity contribution < 1.29 is 22.7 Å². The van der Waals surface area contributed by atoms with Crippen LogP contribution in [0, 0.1) is 5.82 Å². The van der Waals surface area contributed by atoms with Gasteiger partial charge in [0.2, 0.25) is 0 Å². The molecule has 102 valence electrons. The lowest BCUT2D eigenvalue weighted by atomic mass is 10.1. The van der Waals surface area contributed by atoms with Crippen LogP contribution in [0.4, 0.5) is 17.6 Å². The molecule has 1 aromatic rings. The van der Waals surface area contributed by atoms with Crippen LogP contribution in [-0.2, 0) is 0 Å². The highest BCUT2D eigenvalue weighted by molar-refractivity contribution is 5.29. The number of phenols is 1. The monoisotopic (exact) mass is 265 g/mol. The van der Waals surface area contributed by atoms with Gasteiger partial charge in [-0.2, -0.15) is 13.2 Å². The van der Waals surface area contributed by atoms with E-state index in [-0.39, 0.29) is 17.9 Å². The second-order valence-electron chi connectivity index (χ2n) is 4.23. The summed E-state index contributed by atoms with van der Waals surface area (Å²) in [5, 5.41) is 9.07. The number of hydrogen-bond acceptors (Lipinski definition) is 2. The maximum absolute atomic E-state index is 13.5. The molecule has 0 heterocycles. The molecule has 0 saturated carbocycles. The van der Waals surface area contributed by atoms with Crippen molar-refractivity contribution in [2.75, 3.05) is 13.6 Å². The SMILES string of the molecule is CC(c1ccc(O)cc1F)N(C)CCC(F)(F)F. The largest absolute Gasteiger partial charge is 0.508 e. The zero-order chi connectivity index (χ0) is 13.9. The van der Waals surface area contributed by atoms with Crippen molar-refractivity contribution in [1.29, 1.82) is 0 Å². The van der Waals surface area contributed by atoms with Gasteiger partial charge in [0.05, 0.1) is 6.42 Å². The maximum Gasteiger partial charge on any atom is 0.390 e. The molecule has 0 saturated heterocycles. The van der Waals surface area contributed by atoms with E-state index in [1.165, 1.54) is 24.1 Å². The number of alkyl halides is 3. The maximum atomic E-state index is 13.5. The number of rotatable bonds is 4. The van der Waals surface area contributed by atoms with Gasteiger partial charge in [-0.1, -0.05) is 6.07 Å². The first-order valence-corrected chi connectivity index (χ1v) is 5.46. The van der Waals surface area contributed by atoms with Gasteiger partial charge >= 0.3 is 6.18 Å². The van der Waals surface area contributed by atoms with Crippen molar-refractivity contribution in [3.8, 4) is 5.75 Å². The summed E-state index contributed by atoms with van der Waals surface area (Å²) >= 11 is 0. The number of benzene rings is 1. The zero-order valence-electron chi connectivity index (χ0n) is 10.1. The molecule has 6 heteroatoms. The molecule has 0 aliphatic carbocycles. The minimum atomic E-state index is -4.22. The quantitative estimate of drug-likeness (QED) is 0.842. The van der Waals surface area contributed by atoms with E-state index in [1.807, 2.05) is 0 Å². The number of phenolic OH excluding ortho intramolecular Hbond substituents is 1. The van der Waals surface area contributed by atoms with Gasteiger partial charge in [0, 0.05) is 24.2 Å². The third kappa shape index (κ3) is 4.18. The van der Waals surface area contributed by atoms with Crippen molar-refractivity contribution >= 4 is 0 Å². The van der Waals surface area contributed by atoms with Crippen molar-refractivity contribution in [1.82, 2.24) is 4.90 Å². The van der Waals surface area contributed by atoms with E-state index in [2.05, 4.69) is 0 Å². The minimum Gasteiger partial charge on any atom is -0.508 e. The average molecular weight is 265 g/mol. The van der Waals surface area contributed by atoms with Gasteiger partial charge in [-0.3, -0.25) is 4.90 Å². The Hall–Kier alpha value is -1.30. The first kappa shape index (κ1) is 14.8. The van der Waals surface area contributed by atoms with E-state index in [4.69, 9.17) is 5.11 Å². The van der Waals surface area contributed by atoms with E-state index in [0.29, 0.717) is 0 Å². The molecule has 2 nitrogen and oxygen atoms in total. The Morgan fingerprint density at radius 2 is 1.94 bits per heavy atom. The molecule has 1 unspecified atom stereocenters. The van der Waals surface area contributed by atoms with Crippen molar-refractivity contribution in [2.24, 2.45) is 0 Å². The van der Waals surface area contributed by atoms with E-state index in [1.54, 1.807) is 6.92 Å². The molecule has 0 aliphatic rings. The molecule has 0 spiro atoms. The summed E-state index contributed by atoms with van der Waals surface area (Å²) in [6.07, 6.45) is -5.16. The van der Waals surface area contributed by atoms with Crippen LogP contribution in [0.5, 0.6) is 5.75 Å². The highest BCUT2D eigenvalue weighted by atomic mass is 19.4. The van der Waals surface area contributed by atoms with Crippen molar-refractivity contribution in [3.63, 3.8) is 0 Å². The van der Waals surface area contributed by atoms with Crippen LogP contribution in [0.3, 0.4) is 0 Å². The zero-order valence-corrected chi connectivity index (χ0v) is 10.1. The molecule has 1 atom stereocenters. The first-order chi connectivity index (χ1) is 8.20. The van der Waals surface area contributed by atoms with Crippen molar-refractivity contribution in [3.05, 3.63) is 29.6 Å². The fourth-order valence-electron chi connectivity index (χ4n) is 1.59. The van der Waals surface area contributed by atoms with E-state index in [9.17, 15) is 17.6 Å². The predicted octanol–water partition coefficient (Wildman–Crippen LogP) is 3.48. The Morgan fingerprint density at radius 1 is 1.33 bits per heavy atom. The van der Waals surface area contributed by atoms with Crippen LogP contribution < -0.4 is 0 Å². The average Bonchev–Trinajstić information content (AvgIpc) is 2.24. The topological polar surface area (TPSA) is 23.5 Å². The van der Waals surface area contributed by atoms with Crippen LogP contribution in [0.2, 0.25) is 0 Å². The molecule has 0 bridgehead atoms. The summed E-state index contributed by atoms with van der Waals surface area (Å²) in [7, 11) is 1.50. The van der Waals surface area contributed by atoms with Crippen molar-refractivity contribution in [2.45, 2.75) is 25.6 Å². The summed E-state index contributed by atoms with van der Waals surface area (Å²) in [6, 6.07) is 3.14. The van der Waals surface area contributed by atoms with E-state index < -0.39 is 24.5 Å². The molecular weight excluding hydrogens is 250 g/mol. The molecule has 0 aromatic heterocycles. The van der Waals surface area contributed by atoms with Gasteiger partial charge in [0.25, 0.3) is 0 Å². The Kier molecular flexibility index (Phi) is 4.56. The van der Waals surface area contributed by atoms with Gasteiger partial charge in [-0.15, -0.1) is 0 Å². The van der Waals surface area contributed by atoms with Gasteiger partial charge in [-0.05, 0) is 20.0 Å². The third-order valence-electron chi connectivity index (χ3n) is 2.84. The van der Waals surface area contributed by atoms with E-state index in [0.717, 1.165) is 6.07 Å². The Labute approximate surface area is 103 Å². The lowest BCUT2D eigenvalue weighted by molar-refractivity contribution is -0.138. The summed E-state index contributed by atoms with van der Waals surface area (Å²) < 4.78 is 49.8. The van der Waals surface area contributed by atoms with Crippen LogP contribution in [0.25, 0.3) is 0 Å². The Bertz CT molecular complexity index is 406. The number of aromatic hydroxyl groups is 1. The normalized spacial score (nSPS) is 13.9. The van der Waals surface area contributed by atoms with Gasteiger partial charge in [0.15, 0.2) is 0 Å². The molecule has 0 radical (unpaired) electrons. The minimum absolute atomic E-state index is 0.203. The Balaban J connectivity index is 2.71. The lowest BCUT2D eigenvalue weighted by Gasteiger charge is -2.25. The third-order valence-corrected chi connectivity index (χ3v) is 2.84. The lowest BCUT2D eigenvalue weighted by Crippen LogP contribution is -2.27. The molecule has 0 fully saturated rings. The highest BCUT2D eigenvalue weighted by Gasteiger charge is 2.28. The second-order valence-corrected chi connectivity index (χ2v) is 4.23. The fourth-order valence-corrected chi connectivity index (χ4v) is 1.59. The van der Waals surface area contributed by atoms with Gasteiger partial charge < -0.3 is 5.11 Å². The standard InChI is InChI=1S/C12H15F4NO/c1-8(17(2)6-5-12(14,15)16)10-4-3-9(18)7-11(10)13/h3-4,7-8,18H,5-6H2,1-2H3. The van der Waals surface area contributed by atoms with Crippen LogP contribution in [0.1, 0.15) is 24.9 Å². The van der Waals surface area contributed by atoms with Crippen LogP contribution in [-0.4, -0.2) is 29.8 Å².